The molecule has 0 spiro atoms. The van der Waals surface area contributed by atoms with Crippen LogP contribution in [0.2, 0.25) is 0 Å². The molecule has 0 aromatic heterocycles. The Hall–Kier alpha value is -2.94. The number of carbonyl (C=O) groups is 1. The van der Waals surface area contributed by atoms with Gasteiger partial charge >= 0.3 is 16.1 Å². The summed E-state index contributed by atoms with van der Waals surface area (Å²) in [5.41, 5.74) is 0.670. The third kappa shape index (κ3) is 5.35. The molecule has 1 heterocycles. The van der Waals surface area contributed by atoms with Crippen LogP contribution < -0.4 is 18.6 Å². The first kappa shape index (κ1) is 23.2. The predicted molar refractivity (Wildman–Crippen MR) is 125 cm³/mol. The van der Waals surface area contributed by atoms with Gasteiger partial charge in [-0.05, 0) is 43.0 Å². The number of rotatable bonds is 10. The van der Waals surface area contributed by atoms with E-state index in [0.29, 0.717) is 30.3 Å². The second-order valence-corrected chi connectivity index (χ2v) is 9.99. The first-order valence-corrected chi connectivity index (χ1v) is 12.6. The molecule has 2 amide bonds. The lowest BCUT2D eigenvalue weighted by molar-refractivity contribution is 0.215. The number of benzene rings is 2. The molecule has 2 aromatic rings. The molecule has 1 saturated heterocycles. The Balaban J connectivity index is 1.39. The van der Waals surface area contributed by atoms with Crippen LogP contribution in [0, 0.1) is 5.92 Å². The molecule has 1 aliphatic carbocycles. The number of carbonyl (C=O) groups excluding carboxylic acids is 1. The molecular weight excluding hydrogens is 444 g/mol. The minimum Gasteiger partial charge on any atom is -0.496 e. The molecule has 0 unspecified atom stereocenters. The number of hydrogen-bond donors (Lipinski definition) is 0. The van der Waals surface area contributed by atoms with E-state index in [1.807, 2.05) is 4.90 Å². The summed E-state index contributed by atoms with van der Waals surface area (Å²) in [7, 11) is -1.12. The lowest BCUT2D eigenvalue weighted by atomic mass is 9.82. The van der Waals surface area contributed by atoms with E-state index in [1.54, 1.807) is 23.1 Å². The van der Waals surface area contributed by atoms with Crippen molar-refractivity contribution in [1.29, 1.82) is 0 Å². The summed E-state index contributed by atoms with van der Waals surface area (Å²) in [6.07, 6.45) is 6.21. The molecular formula is C24H30N2O6S. The molecule has 9 heteroatoms. The van der Waals surface area contributed by atoms with Gasteiger partial charge in [-0.25, -0.2) is 4.79 Å². The van der Waals surface area contributed by atoms with Crippen molar-refractivity contribution in [3.05, 3.63) is 42.5 Å². The molecule has 8 nitrogen and oxygen atoms in total. The second-order valence-electron chi connectivity index (χ2n) is 8.44. The van der Waals surface area contributed by atoms with Crippen molar-refractivity contribution in [2.45, 2.75) is 37.0 Å². The molecule has 2 aromatic carbocycles. The van der Waals surface area contributed by atoms with Gasteiger partial charge in [0.1, 0.15) is 22.1 Å². The van der Waals surface area contributed by atoms with Crippen molar-refractivity contribution in [3.8, 4) is 17.2 Å². The fraction of sp³-hybridized carbons (Fsp3) is 0.458. The van der Waals surface area contributed by atoms with Gasteiger partial charge in [-0.1, -0.05) is 19.3 Å². The Morgan fingerprint density at radius 1 is 0.939 bits per heavy atom. The van der Waals surface area contributed by atoms with E-state index >= 15 is 0 Å². The highest BCUT2D eigenvalue weighted by atomic mass is 32.2. The SMILES string of the molecule is COc1cc(OC)cc(OS(=O)(=O)c2ccc(N3CCN(CCCC4CCC4)C3=O)cc2)c1. The topological polar surface area (TPSA) is 85.4 Å². The van der Waals surface area contributed by atoms with Crippen LogP contribution in [-0.4, -0.2) is 53.2 Å². The molecule has 2 aliphatic rings. The minimum atomic E-state index is -4.07. The molecule has 0 bridgehead atoms. The van der Waals surface area contributed by atoms with Crippen molar-refractivity contribution in [2.24, 2.45) is 5.92 Å². The Bertz CT molecular complexity index is 1060. The van der Waals surface area contributed by atoms with E-state index < -0.39 is 10.1 Å². The van der Waals surface area contributed by atoms with Crippen LogP contribution in [0.4, 0.5) is 10.5 Å². The maximum absolute atomic E-state index is 12.8. The highest BCUT2D eigenvalue weighted by Crippen LogP contribution is 2.32. The largest absolute Gasteiger partial charge is 0.496 e. The minimum absolute atomic E-state index is 0.00274. The normalized spacial score (nSPS) is 16.6. The zero-order valence-corrected chi connectivity index (χ0v) is 19.8. The lowest BCUT2D eigenvalue weighted by Crippen LogP contribution is -2.32. The number of urea groups is 1. The smallest absolute Gasteiger partial charge is 0.339 e. The van der Waals surface area contributed by atoms with Crippen molar-refractivity contribution < 1.29 is 26.9 Å². The van der Waals surface area contributed by atoms with Crippen LogP contribution in [0.15, 0.2) is 47.4 Å². The second kappa shape index (κ2) is 9.91. The standard InChI is InChI=1S/C24H30N2O6S/c1-30-20-15-21(31-2)17-22(16-20)32-33(28,29)23-10-8-19(9-11-23)26-14-13-25(24(26)27)12-4-7-18-5-3-6-18/h8-11,15-18H,3-7,12-14H2,1-2H3. The first-order valence-electron chi connectivity index (χ1n) is 11.2. The van der Waals surface area contributed by atoms with Gasteiger partial charge in [0.2, 0.25) is 0 Å². The first-order chi connectivity index (χ1) is 15.9. The fourth-order valence-corrected chi connectivity index (χ4v) is 5.09. The van der Waals surface area contributed by atoms with Crippen molar-refractivity contribution >= 4 is 21.8 Å². The van der Waals surface area contributed by atoms with E-state index in [-0.39, 0.29) is 16.7 Å². The van der Waals surface area contributed by atoms with Crippen LogP contribution in [0.1, 0.15) is 32.1 Å². The van der Waals surface area contributed by atoms with E-state index in [4.69, 9.17) is 13.7 Å². The summed E-state index contributed by atoms with van der Waals surface area (Å²) < 4.78 is 41.1. The van der Waals surface area contributed by atoms with Crippen LogP contribution in [-0.2, 0) is 10.1 Å². The average molecular weight is 475 g/mol. The highest BCUT2D eigenvalue weighted by Gasteiger charge is 2.30. The number of nitrogens with zero attached hydrogens (tertiary/aromatic N) is 2. The van der Waals surface area contributed by atoms with E-state index in [0.717, 1.165) is 18.9 Å². The summed E-state index contributed by atoms with van der Waals surface area (Å²) in [6, 6.07) is 10.7. The Morgan fingerprint density at radius 2 is 1.58 bits per heavy atom. The van der Waals surface area contributed by atoms with Crippen LogP contribution in [0.25, 0.3) is 0 Å². The van der Waals surface area contributed by atoms with Gasteiger partial charge in [0, 0.05) is 43.5 Å². The maximum atomic E-state index is 12.8. The molecule has 1 saturated carbocycles. The summed E-state index contributed by atoms with van der Waals surface area (Å²) >= 11 is 0. The summed E-state index contributed by atoms with van der Waals surface area (Å²) in [5.74, 6) is 1.76. The quantitative estimate of drug-likeness (QED) is 0.478. The van der Waals surface area contributed by atoms with Gasteiger partial charge < -0.3 is 18.6 Å². The third-order valence-corrected chi connectivity index (χ3v) is 7.59. The number of amides is 2. The molecule has 0 N–H and O–H groups in total. The van der Waals surface area contributed by atoms with Gasteiger partial charge in [-0.2, -0.15) is 8.42 Å². The van der Waals surface area contributed by atoms with Gasteiger partial charge in [-0.3, -0.25) is 4.90 Å². The maximum Gasteiger partial charge on any atom is 0.339 e. The summed E-state index contributed by atoms with van der Waals surface area (Å²) in [4.78, 5) is 16.4. The van der Waals surface area contributed by atoms with E-state index in [2.05, 4.69) is 0 Å². The monoisotopic (exact) mass is 474 g/mol. The predicted octanol–water partition coefficient (Wildman–Crippen LogP) is 4.29. The molecule has 178 valence electrons. The zero-order valence-electron chi connectivity index (χ0n) is 19.0. The summed E-state index contributed by atoms with van der Waals surface area (Å²) in [6.45, 7) is 2.05. The molecule has 1 aliphatic heterocycles. The van der Waals surface area contributed by atoms with Gasteiger partial charge in [-0.15, -0.1) is 0 Å². The van der Waals surface area contributed by atoms with E-state index in [1.165, 1.54) is 64.2 Å². The Morgan fingerprint density at radius 3 is 2.15 bits per heavy atom. The van der Waals surface area contributed by atoms with Crippen molar-refractivity contribution in [2.75, 3.05) is 38.8 Å². The average Bonchev–Trinajstić information content (AvgIpc) is 3.15. The number of ether oxygens (including phenoxy) is 2. The third-order valence-electron chi connectivity index (χ3n) is 6.33. The number of anilines is 1. The molecule has 2 fully saturated rings. The lowest BCUT2D eigenvalue weighted by Gasteiger charge is -2.26. The molecule has 0 atom stereocenters. The Labute approximate surface area is 195 Å². The summed E-state index contributed by atoms with van der Waals surface area (Å²) in [5, 5.41) is 0. The van der Waals surface area contributed by atoms with Crippen LogP contribution >= 0.6 is 0 Å². The van der Waals surface area contributed by atoms with Crippen molar-refractivity contribution in [3.63, 3.8) is 0 Å². The Kier molecular flexibility index (Phi) is 6.97. The number of hydrogen-bond acceptors (Lipinski definition) is 6. The van der Waals surface area contributed by atoms with Gasteiger partial charge in [0.05, 0.1) is 14.2 Å². The number of methoxy groups -OCH3 is 2. The van der Waals surface area contributed by atoms with Crippen LogP contribution in [0.5, 0.6) is 17.2 Å². The van der Waals surface area contributed by atoms with Crippen molar-refractivity contribution in [1.82, 2.24) is 4.90 Å². The molecule has 4 rings (SSSR count). The zero-order chi connectivity index (χ0) is 23.4. The highest BCUT2D eigenvalue weighted by molar-refractivity contribution is 7.87. The molecule has 0 radical (unpaired) electrons. The van der Waals surface area contributed by atoms with Gasteiger partial charge in [0.25, 0.3) is 0 Å². The van der Waals surface area contributed by atoms with Gasteiger partial charge in [0.15, 0.2) is 0 Å². The fourth-order valence-electron chi connectivity index (χ4n) is 4.18. The molecule has 33 heavy (non-hydrogen) atoms. The van der Waals surface area contributed by atoms with Crippen LogP contribution in [0.3, 0.4) is 0 Å². The van der Waals surface area contributed by atoms with E-state index in [9.17, 15) is 13.2 Å².